The third-order valence-corrected chi connectivity index (χ3v) is 3.58. The average Bonchev–Trinajstić information content (AvgIpc) is 2.93. The van der Waals surface area contributed by atoms with Gasteiger partial charge in [-0.25, -0.2) is 9.97 Å². The number of aryl methyl sites for hydroxylation is 1. The first-order chi connectivity index (χ1) is 10.2. The minimum absolute atomic E-state index is 0.276. The predicted molar refractivity (Wildman–Crippen MR) is 82.3 cm³/mol. The van der Waals surface area contributed by atoms with Gasteiger partial charge in [0.1, 0.15) is 5.69 Å². The maximum atomic E-state index is 12.2. The second-order valence-corrected chi connectivity index (χ2v) is 5.59. The van der Waals surface area contributed by atoms with Crippen molar-refractivity contribution in [1.82, 2.24) is 15.0 Å². The topological polar surface area (TPSA) is 67.8 Å². The highest BCUT2D eigenvalue weighted by molar-refractivity contribution is 7.15. The van der Waals surface area contributed by atoms with Crippen molar-refractivity contribution in [1.29, 1.82) is 0 Å². The number of nitrogens with one attached hydrogen (secondary N) is 1. The molecule has 6 heteroatoms. The zero-order chi connectivity index (χ0) is 14.7. The summed E-state index contributed by atoms with van der Waals surface area (Å²) < 4.78 is 0. The van der Waals surface area contributed by atoms with Gasteiger partial charge in [-0.2, -0.15) is 0 Å². The van der Waals surface area contributed by atoms with Crippen molar-refractivity contribution in [3.05, 3.63) is 59.4 Å². The van der Waals surface area contributed by atoms with Crippen molar-refractivity contribution >= 4 is 22.4 Å². The summed E-state index contributed by atoms with van der Waals surface area (Å²) in [6.45, 7) is 1.94. The molecule has 21 heavy (non-hydrogen) atoms. The molecule has 0 spiro atoms. The van der Waals surface area contributed by atoms with E-state index in [4.69, 9.17) is 0 Å². The van der Waals surface area contributed by atoms with Crippen molar-refractivity contribution in [3.63, 3.8) is 0 Å². The van der Waals surface area contributed by atoms with Gasteiger partial charge in [-0.1, -0.05) is 12.1 Å². The fourth-order valence-electron chi connectivity index (χ4n) is 1.79. The maximum absolute atomic E-state index is 12.2. The summed E-state index contributed by atoms with van der Waals surface area (Å²) >= 11 is 1.43. The lowest BCUT2D eigenvalue weighted by molar-refractivity contribution is 0.102. The van der Waals surface area contributed by atoms with E-state index in [9.17, 15) is 4.79 Å². The monoisotopic (exact) mass is 296 g/mol. The van der Waals surface area contributed by atoms with Crippen LogP contribution in [0.3, 0.4) is 0 Å². The lowest BCUT2D eigenvalue weighted by atomic mass is 10.2. The van der Waals surface area contributed by atoms with Crippen LogP contribution in [0.2, 0.25) is 0 Å². The van der Waals surface area contributed by atoms with Gasteiger partial charge in [0.2, 0.25) is 0 Å². The summed E-state index contributed by atoms with van der Waals surface area (Å²) in [5.74, 6) is -0.276. The summed E-state index contributed by atoms with van der Waals surface area (Å²) in [6, 6.07) is 10.9. The molecule has 0 atom stereocenters. The van der Waals surface area contributed by atoms with E-state index in [-0.39, 0.29) is 5.91 Å². The summed E-state index contributed by atoms with van der Waals surface area (Å²) in [5, 5.41) is 3.32. The molecule has 0 bridgehead atoms. The third kappa shape index (κ3) is 3.11. The van der Waals surface area contributed by atoms with Gasteiger partial charge >= 0.3 is 0 Å². The SMILES string of the molecule is Cc1cnc(NC(=O)c2cccc(-c3ccccn3)n2)s1. The first-order valence-electron chi connectivity index (χ1n) is 6.34. The first kappa shape index (κ1) is 13.4. The highest BCUT2D eigenvalue weighted by Gasteiger charge is 2.11. The molecule has 3 aromatic heterocycles. The Morgan fingerprint density at radius 1 is 1.10 bits per heavy atom. The maximum Gasteiger partial charge on any atom is 0.276 e. The summed E-state index contributed by atoms with van der Waals surface area (Å²) in [6.07, 6.45) is 3.42. The smallest absolute Gasteiger partial charge is 0.276 e. The molecule has 5 nitrogen and oxygen atoms in total. The zero-order valence-corrected chi connectivity index (χ0v) is 12.1. The normalized spacial score (nSPS) is 10.3. The molecule has 3 heterocycles. The Hall–Kier alpha value is -2.60. The molecular weight excluding hydrogens is 284 g/mol. The molecule has 0 saturated heterocycles. The minimum Gasteiger partial charge on any atom is -0.296 e. The highest BCUT2D eigenvalue weighted by atomic mass is 32.1. The number of rotatable bonds is 3. The van der Waals surface area contributed by atoms with Crippen LogP contribution in [0.4, 0.5) is 5.13 Å². The molecule has 0 aliphatic heterocycles. The van der Waals surface area contributed by atoms with Gasteiger partial charge in [-0.05, 0) is 31.2 Å². The number of hydrogen-bond donors (Lipinski definition) is 1. The lowest BCUT2D eigenvalue weighted by Crippen LogP contribution is -2.13. The van der Waals surface area contributed by atoms with Gasteiger partial charge < -0.3 is 0 Å². The van der Waals surface area contributed by atoms with Gasteiger partial charge in [0, 0.05) is 17.3 Å². The Kier molecular flexibility index (Phi) is 3.70. The second-order valence-electron chi connectivity index (χ2n) is 4.35. The van der Waals surface area contributed by atoms with Crippen LogP contribution in [0.15, 0.2) is 48.8 Å². The van der Waals surface area contributed by atoms with Gasteiger partial charge in [0.05, 0.1) is 11.4 Å². The van der Waals surface area contributed by atoms with Crippen LogP contribution in [0, 0.1) is 6.92 Å². The molecule has 0 fully saturated rings. The zero-order valence-electron chi connectivity index (χ0n) is 11.3. The lowest BCUT2D eigenvalue weighted by Gasteiger charge is -2.04. The van der Waals surface area contributed by atoms with E-state index in [0.717, 1.165) is 10.6 Å². The van der Waals surface area contributed by atoms with Crippen LogP contribution in [-0.2, 0) is 0 Å². The number of aromatic nitrogens is 3. The van der Waals surface area contributed by atoms with Crippen LogP contribution in [0.1, 0.15) is 15.4 Å². The first-order valence-corrected chi connectivity index (χ1v) is 7.16. The van der Waals surface area contributed by atoms with Crippen LogP contribution in [0.25, 0.3) is 11.4 Å². The molecule has 0 aliphatic rings. The molecule has 0 aliphatic carbocycles. The molecule has 1 amide bonds. The van der Waals surface area contributed by atoms with E-state index in [1.54, 1.807) is 24.5 Å². The quantitative estimate of drug-likeness (QED) is 0.806. The summed E-state index contributed by atoms with van der Waals surface area (Å²) in [4.78, 5) is 25.9. The molecular formula is C15H12N4OS. The number of hydrogen-bond acceptors (Lipinski definition) is 5. The molecule has 3 rings (SSSR count). The van der Waals surface area contributed by atoms with Crippen molar-refractivity contribution < 1.29 is 4.79 Å². The van der Waals surface area contributed by atoms with Crippen LogP contribution in [0.5, 0.6) is 0 Å². The van der Waals surface area contributed by atoms with E-state index in [1.165, 1.54) is 11.3 Å². The fraction of sp³-hybridized carbons (Fsp3) is 0.0667. The highest BCUT2D eigenvalue weighted by Crippen LogP contribution is 2.18. The number of thiazole rings is 1. The average molecular weight is 296 g/mol. The Balaban J connectivity index is 1.84. The summed E-state index contributed by atoms with van der Waals surface area (Å²) in [7, 11) is 0. The molecule has 0 aromatic carbocycles. The van der Waals surface area contributed by atoms with Crippen LogP contribution in [-0.4, -0.2) is 20.9 Å². The molecule has 0 radical (unpaired) electrons. The van der Waals surface area contributed by atoms with Crippen molar-refractivity contribution in [2.24, 2.45) is 0 Å². The van der Waals surface area contributed by atoms with E-state index < -0.39 is 0 Å². The van der Waals surface area contributed by atoms with Crippen molar-refractivity contribution in [3.8, 4) is 11.4 Å². The van der Waals surface area contributed by atoms with Crippen LogP contribution < -0.4 is 5.32 Å². The molecule has 0 saturated carbocycles. The molecule has 104 valence electrons. The van der Waals surface area contributed by atoms with Gasteiger partial charge in [-0.3, -0.25) is 15.1 Å². The third-order valence-electron chi connectivity index (χ3n) is 2.75. The molecule has 0 unspecified atom stereocenters. The number of carbonyl (C=O) groups excluding carboxylic acids is 1. The van der Waals surface area contributed by atoms with Gasteiger partial charge in [0.25, 0.3) is 5.91 Å². The Morgan fingerprint density at radius 2 is 1.95 bits per heavy atom. The van der Waals surface area contributed by atoms with E-state index >= 15 is 0 Å². The van der Waals surface area contributed by atoms with Crippen molar-refractivity contribution in [2.45, 2.75) is 6.92 Å². The Bertz CT molecular complexity index is 770. The van der Waals surface area contributed by atoms with Gasteiger partial charge in [-0.15, -0.1) is 11.3 Å². The summed E-state index contributed by atoms with van der Waals surface area (Å²) in [5.41, 5.74) is 1.74. The molecule has 1 N–H and O–H groups in total. The Labute approximate surface area is 125 Å². The van der Waals surface area contributed by atoms with E-state index in [0.29, 0.717) is 16.5 Å². The van der Waals surface area contributed by atoms with Crippen molar-refractivity contribution in [2.75, 3.05) is 5.32 Å². The molecule has 3 aromatic rings. The number of amides is 1. The number of carbonyl (C=O) groups is 1. The standard InChI is InChI=1S/C15H12N4OS/c1-10-9-17-15(21-10)19-14(20)13-7-4-6-12(18-13)11-5-2-3-8-16-11/h2-9H,1H3,(H,17,19,20). The number of anilines is 1. The fourth-order valence-corrected chi connectivity index (χ4v) is 2.45. The predicted octanol–water partition coefficient (Wildman–Crippen LogP) is 3.16. The van der Waals surface area contributed by atoms with Crippen LogP contribution >= 0.6 is 11.3 Å². The largest absolute Gasteiger partial charge is 0.296 e. The minimum atomic E-state index is -0.276. The van der Waals surface area contributed by atoms with Gasteiger partial charge in [0.15, 0.2) is 5.13 Å². The Morgan fingerprint density at radius 3 is 2.67 bits per heavy atom. The number of pyridine rings is 2. The van der Waals surface area contributed by atoms with E-state index in [2.05, 4.69) is 20.3 Å². The number of nitrogens with zero attached hydrogens (tertiary/aromatic N) is 3. The van der Waals surface area contributed by atoms with E-state index in [1.807, 2.05) is 31.2 Å². The second kappa shape index (κ2) is 5.80.